The largest absolute Gasteiger partial charge is 0.513 e. The monoisotopic (exact) mass is 298 g/mol. The number of hydrogen-bond acceptors (Lipinski definition) is 3. The van der Waals surface area contributed by atoms with Crippen molar-refractivity contribution in [1.29, 1.82) is 0 Å². The van der Waals surface area contributed by atoms with Gasteiger partial charge in [0, 0.05) is 0 Å². The number of ether oxygens (including phenoxy) is 2. The van der Waals surface area contributed by atoms with Gasteiger partial charge in [-0.2, -0.15) is 0 Å². The van der Waals surface area contributed by atoms with E-state index in [-0.39, 0.29) is 0 Å². The van der Waals surface area contributed by atoms with Crippen LogP contribution >= 0.6 is 0 Å². The molecule has 0 amide bonds. The zero-order valence-electron chi connectivity index (χ0n) is 13.0. The van der Waals surface area contributed by atoms with E-state index in [1.807, 2.05) is 42.5 Å². The van der Waals surface area contributed by atoms with Crippen LogP contribution in [-0.2, 0) is 4.74 Å². The summed E-state index contributed by atoms with van der Waals surface area (Å²) in [5.41, 5.74) is 2.22. The first kappa shape index (κ1) is 16.1. The molecule has 3 heteroatoms. The highest BCUT2D eigenvalue weighted by Crippen LogP contribution is 2.22. The van der Waals surface area contributed by atoms with E-state index in [1.54, 1.807) is 12.1 Å². The second-order valence-electron chi connectivity index (χ2n) is 5.15. The molecule has 116 valence electrons. The molecule has 2 aromatic rings. The van der Waals surface area contributed by atoms with E-state index in [0.29, 0.717) is 12.4 Å². The standard InChI is InChI=1S/C19H22O3/c1-2-3-4-8-15-21-19(20)22-18-13-11-17(12-14-18)16-9-6-5-7-10-16/h5-7,9-14H,2-4,8,15H2,1H3. The summed E-state index contributed by atoms with van der Waals surface area (Å²) in [6.45, 7) is 2.56. The predicted octanol–water partition coefficient (Wildman–Crippen LogP) is 5.45. The smallest absolute Gasteiger partial charge is 0.434 e. The summed E-state index contributed by atoms with van der Waals surface area (Å²) in [6, 6.07) is 17.5. The molecule has 0 fully saturated rings. The van der Waals surface area contributed by atoms with Gasteiger partial charge in [0.25, 0.3) is 0 Å². The summed E-state index contributed by atoms with van der Waals surface area (Å²) in [4.78, 5) is 11.6. The third kappa shape index (κ3) is 5.24. The number of hydrogen-bond donors (Lipinski definition) is 0. The highest BCUT2D eigenvalue weighted by atomic mass is 16.7. The van der Waals surface area contributed by atoms with E-state index < -0.39 is 6.16 Å². The van der Waals surface area contributed by atoms with Crippen molar-refractivity contribution >= 4 is 6.16 Å². The Morgan fingerprint density at radius 2 is 1.55 bits per heavy atom. The fourth-order valence-corrected chi connectivity index (χ4v) is 2.16. The van der Waals surface area contributed by atoms with Gasteiger partial charge in [-0.25, -0.2) is 4.79 Å². The van der Waals surface area contributed by atoms with E-state index in [9.17, 15) is 4.79 Å². The SMILES string of the molecule is CCCCCCOC(=O)Oc1ccc(-c2ccccc2)cc1. The predicted molar refractivity (Wildman–Crippen MR) is 88.0 cm³/mol. The van der Waals surface area contributed by atoms with Gasteiger partial charge in [-0.1, -0.05) is 68.7 Å². The zero-order valence-corrected chi connectivity index (χ0v) is 13.0. The van der Waals surface area contributed by atoms with Crippen molar-refractivity contribution in [2.45, 2.75) is 32.6 Å². The van der Waals surface area contributed by atoms with Crippen molar-refractivity contribution in [1.82, 2.24) is 0 Å². The molecule has 0 aliphatic rings. The first-order valence-electron chi connectivity index (χ1n) is 7.79. The molecule has 0 aromatic heterocycles. The maximum Gasteiger partial charge on any atom is 0.513 e. The number of carbonyl (C=O) groups is 1. The fourth-order valence-electron chi connectivity index (χ4n) is 2.16. The van der Waals surface area contributed by atoms with Gasteiger partial charge in [-0.15, -0.1) is 0 Å². The van der Waals surface area contributed by atoms with Crippen LogP contribution in [0.3, 0.4) is 0 Å². The van der Waals surface area contributed by atoms with Crippen LogP contribution in [0.15, 0.2) is 54.6 Å². The molecule has 0 spiro atoms. The lowest BCUT2D eigenvalue weighted by Gasteiger charge is -2.07. The average molecular weight is 298 g/mol. The van der Waals surface area contributed by atoms with Crippen LogP contribution in [-0.4, -0.2) is 12.8 Å². The first-order chi connectivity index (χ1) is 10.8. The summed E-state index contributed by atoms with van der Waals surface area (Å²) in [6.07, 6.45) is 3.66. The topological polar surface area (TPSA) is 35.5 Å². The van der Waals surface area contributed by atoms with Crippen LogP contribution in [0.25, 0.3) is 11.1 Å². The summed E-state index contributed by atoms with van der Waals surface area (Å²) in [5.74, 6) is 0.498. The molecule has 22 heavy (non-hydrogen) atoms. The maximum absolute atomic E-state index is 11.6. The minimum absolute atomic E-state index is 0.418. The van der Waals surface area contributed by atoms with Crippen LogP contribution in [0, 0.1) is 0 Å². The Morgan fingerprint density at radius 1 is 0.864 bits per heavy atom. The van der Waals surface area contributed by atoms with Crippen molar-refractivity contribution in [2.75, 3.05) is 6.61 Å². The molecule has 0 aliphatic carbocycles. The molecular weight excluding hydrogens is 276 g/mol. The molecular formula is C19H22O3. The Morgan fingerprint density at radius 3 is 2.23 bits per heavy atom. The van der Waals surface area contributed by atoms with Crippen molar-refractivity contribution in [3.63, 3.8) is 0 Å². The van der Waals surface area contributed by atoms with Crippen LogP contribution < -0.4 is 4.74 Å². The lowest BCUT2D eigenvalue weighted by atomic mass is 10.1. The Bertz CT molecular complexity index is 561. The molecule has 3 nitrogen and oxygen atoms in total. The third-order valence-corrected chi connectivity index (χ3v) is 3.38. The molecule has 0 heterocycles. The lowest BCUT2D eigenvalue weighted by molar-refractivity contribution is 0.0973. The van der Waals surface area contributed by atoms with Gasteiger partial charge in [0.15, 0.2) is 0 Å². The van der Waals surface area contributed by atoms with Crippen molar-refractivity contribution in [3.8, 4) is 16.9 Å². The maximum atomic E-state index is 11.6. The molecule has 0 unspecified atom stereocenters. The van der Waals surface area contributed by atoms with Gasteiger partial charge < -0.3 is 9.47 Å². The molecule has 0 atom stereocenters. The molecule has 2 rings (SSSR count). The quantitative estimate of drug-likeness (QED) is 0.387. The molecule has 0 N–H and O–H groups in total. The molecule has 0 aliphatic heterocycles. The Kier molecular flexibility index (Phi) is 6.49. The highest BCUT2D eigenvalue weighted by molar-refractivity contribution is 5.67. The number of unbranched alkanes of at least 4 members (excludes halogenated alkanes) is 3. The summed E-state index contributed by atoms with van der Waals surface area (Å²) >= 11 is 0. The van der Waals surface area contributed by atoms with E-state index >= 15 is 0 Å². The van der Waals surface area contributed by atoms with Crippen molar-refractivity contribution < 1.29 is 14.3 Å². The van der Waals surface area contributed by atoms with E-state index in [0.717, 1.165) is 30.4 Å². The zero-order chi connectivity index (χ0) is 15.6. The summed E-state index contributed by atoms with van der Waals surface area (Å²) in [5, 5.41) is 0. The third-order valence-electron chi connectivity index (χ3n) is 3.38. The molecule has 0 saturated carbocycles. The highest BCUT2D eigenvalue weighted by Gasteiger charge is 2.06. The first-order valence-corrected chi connectivity index (χ1v) is 7.79. The fraction of sp³-hybridized carbons (Fsp3) is 0.316. The number of carbonyl (C=O) groups excluding carboxylic acids is 1. The van der Waals surface area contributed by atoms with Crippen LogP contribution in [0.4, 0.5) is 4.79 Å². The Balaban J connectivity index is 1.80. The van der Waals surface area contributed by atoms with E-state index in [4.69, 9.17) is 9.47 Å². The second-order valence-corrected chi connectivity index (χ2v) is 5.15. The Labute approximate surface area is 131 Å². The molecule has 0 radical (unpaired) electrons. The van der Waals surface area contributed by atoms with Crippen molar-refractivity contribution in [3.05, 3.63) is 54.6 Å². The molecule has 0 saturated heterocycles. The van der Waals surface area contributed by atoms with E-state index in [2.05, 4.69) is 6.92 Å². The molecule has 0 bridgehead atoms. The number of benzene rings is 2. The van der Waals surface area contributed by atoms with Crippen molar-refractivity contribution in [2.24, 2.45) is 0 Å². The molecule has 2 aromatic carbocycles. The van der Waals surface area contributed by atoms with Gasteiger partial charge in [-0.3, -0.25) is 0 Å². The minimum Gasteiger partial charge on any atom is -0.434 e. The van der Waals surface area contributed by atoms with Gasteiger partial charge in [-0.05, 0) is 29.7 Å². The Hall–Kier alpha value is -2.29. The summed E-state index contributed by atoms with van der Waals surface area (Å²) < 4.78 is 10.2. The average Bonchev–Trinajstić information content (AvgIpc) is 2.56. The normalized spacial score (nSPS) is 10.2. The second kappa shape index (κ2) is 8.88. The van der Waals surface area contributed by atoms with Gasteiger partial charge in [0.1, 0.15) is 5.75 Å². The van der Waals surface area contributed by atoms with Crippen LogP contribution in [0.2, 0.25) is 0 Å². The lowest BCUT2D eigenvalue weighted by Crippen LogP contribution is -2.11. The van der Waals surface area contributed by atoms with Crippen LogP contribution in [0.1, 0.15) is 32.6 Å². The van der Waals surface area contributed by atoms with Gasteiger partial charge >= 0.3 is 6.16 Å². The van der Waals surface area contributed by atoms with Gasteiger partial charge in [0.2, 0.25) is 0 Å². The van der Waals surface area contributed by atoms with E-state index in [1.165, 1.54) is 6.42 Å². The van der Waals surface area contributed by atoms with Crippen LogP contribution in [0.5, 0.6) is 5.75 Å². The van der Waals surface area contributed by atoms with Gasteiger partial charge in [0.05, 0.1) is 6.61 Å². The minimum atomic E-state index is -0.635. The summed E-state index contributed by atoms with van der Waals surface area (Å²) in [7, 11) is 0. The number of rotatable bonds is 7.